The van der Waals surface area contributed by atoms with Gasteiger partial charge in [-0.15, -0.1) is 12.4 Å². The first-order valence-electron chi connectivity index (χ1n) is 6.44. The smallest absolute Gasteiger partial charge is 0.231 e. The minimum Gasteiger partial charge on any atom is -0.380 e. The van der Waals surface area contributed by atoms with Gasteiger partial charge in [-0.3, -0.25) is 4.79 Å². The average molecular weight is 285 g/mol. The van der Waals surface area contributed by atoms with Crippen LogP contribution >= 0.6 is 12.4 Å². The summed E-state index contributed by atoms with van der Waals surface area (Å²) in [6.07, 6.45) is 0.901. The van der Waals surface area contributed by atoms with Gasteiger partial charge in [-0.05, 0) is 12.0 Å². The Bertz CT molecular complexity index is 378. The molecule has 0 bridgehead atoms. The molecule has 5 heteroatoms. The number of nitrogens with two attached hydrogens (primary N) is 1. The third-order valence-electron chi connectivity index (χ3n) is 3.27. The van der Waals surface area contributed by atoms with E-state index in [0.717, 1.165) is 25.1 Å². The number of rotatable bonds is 3. The molecule has 2 N–H and O–H groups in total. The van der Waals surface area contributed by atoms with Crippen LogP contribution in [0.2, 0.25) is 0 Å². The van der Waals surface area contributed by atoms with Crippen molar-refractivity contribution in [1.82, 2.24) is 4.90 Å². The summed E-state index contributed by atoms with van der Waals surface area (Å²) in [6.45, 7) is 3.14. The van der Waals surface area contributed by atoms with Gasteiger partial charge >= 0.3 is 0 Å². The molecule has 106 valence electrons. The molecule has 1 fully saturated rings. The number of carbonyl (C=O) groups is 1. The molecular weight excluding hydrogens is 264 g/mol. The fraction of sp³-hybridized carbons (Fsp3) is 0.500. The molecular formula is C14H21ClN2O2. The molecule has 19 heavy (non-hydrogen) atoms. The molecule has 4 nitrogen and oxygen atoms in total. The molecule has 1 aliphatic rings. The first kappa shape index (κ1) is 16.0. The van der Waals surface area contributed by atoms with Gasteiger partial charge in [0.1, 0.15) is 0 Å². The van der Waals surface area contributed by atoms with Crippen molar-refractivity contribution in [3.05, 3.63) is 35.9 Å². The monoisotopic (exact) mass is 284 g/mol. The second-order valence-corrected chi connectivity index (χ2v) is 4.49. The first-order valence-corrected chi connectivity index (χ1v) is 6.44. The molecule has 0 radical (unpaired) electrons. The predicted octanol–water partition coefficient (Wildman–Crippen LogP) is 1.40. The van der Waals surface area contributed by atoms with Gasteiger partial charge in [0.25, 0.3) is 0 Å². The van der Waals surface area contributed by atoms with E-state index < -0.39 is 0 Å². The summed E-state index contributed by atoms with van der Waals surface area (Å²) in [6, 6.07) is 9.75. The lowest BCUT2D eigenvalue weighted by Gasteiger charge is -2.25. The van der Waals surface area contributed by atoms with Gasteiger partial charge in [0.15, 0.2) is 0 Å². The van der Waals surface area contributed by atoms with Crippen LogP contribution in [-0.2, 0) is 9.53 Å². The molecule has 1 unspecified atom stereocenters. The van der Waals surface area contributed by atoms with E-state index in [2.05, 4.69) is 0 Å². The van der Waals surface area contributed by atoms with Gasteiger partial charge in [0, 0.05) is 26.2 Å². The van der Waals surface area contributed by atoms with E-state index in [1.807, 2.05) is 35.2 Å². The van der Waals surface area contributed by atoms with E-state index >= 15 is 0 Å². The van der Waals surface area contributed by atoms with Gasteiger partial charge in [-0.1, -0.05) is 30.3 Å². The molecule has 1 aromatic rings. The summed E-state index contributed by atoms with van der Waals surface area (Å²) in [5.74, 6) is -0.113. The SMILES string of the molecule is Cl.NCC(C(=O)N1CCCOCC1)c1ccccc1. The fourth-order valence-corrected chi connectivity index (χ4v) is 2.25. The molecule has 2 rings (SSSR count). The molecule has 1 amide bonds. The topological polar surface area (TPSA) is 55.6 Å². The van der Waals surface area contributed by atoms with Crippen molar-refractivity contribution in [2.45, 2.75) is 12.3 Å². The second-order valence-electron chi connectivity index (χ2n) is 4.49. The normalized spacial score (nSPS) is 17.2. The van der Waals surface area contributed by atoms with Crippen molar-refractivity contribution < 1.29 is 9.53 Å². The van der Waals surface area contributed by atoms with Gasteiger partial charge < -0.3 is 15.4 Å². The van der Waals surface area contributed by atoms with E-state index in [-0.39, 0.29) is 24.2 Å². The van der Waals surface area contributed by atoms with Crippen LogP contribution in [0, 0.1) is 0 Å². The maximum absolute atomic E-state index is 12.5. The number of benzene rings is 1. The zero-order valence-corrected chi connectivity index (χ0v) is 11.8. The quantitative estimate of drug-likeness (QED) is 0.913. The predicted molar refractivity (Wildman–Crippen MR) is 77.5 cm³/mol. The first-order chi connectivity index (χ1) is 8.83. The minimum atomic E-state index is -0.232. The van der Waals surface area contributed by atoms with Gasteiger partial charge in [0.05, 0.1) is 12.5 Å². The van der Waals surface area contributed by atoms with Crippen molar-refractivity contribution >= 4 is 18.3 Å². The molecule has 1 heterocycles. The number of amides is 1. The van der Waals surface area contributed by atoms with Crippen molar-refractivity contribution in [2.75, 3.05) is 32.8 Å². The van der Waals surface area contributed by atoms with Crippen LogP contribution < -0.4 is 5.73 Å². The highest BCUT2D eigenvalue weighted by Crippen LogP contribution is 2.18. The van der Waals surface area contributed by atoms with Crippen LogP contribution in [0.5, 0.6) is 0 Å². The number of nitrogens with zero attached hydrogens (tertiary/aromatic N) is 1. The molecule has 1 aliphatic heterocycles. The number of carbonyl (C=O) groups excluding carboxylic acids is 1. The Hall–Kier alpha value is -1.10. The number of hydrogen-bond acceptors (Lipinski definition) is 3. The lowest BCUT2D eigenvalue weighted by Crippen LogP contribution is -2.39. The van der Waals surface area contributed by atoms with Crippen molar-refractivity contribution in [1.29, 1.82) is 0 Å². The molecule has 0 aromatic heterocycles. The molecule has 0 spiro atoms. The van der Waals surface area contributed by atoms with Crippen molar-refractivity contribution in [3.63, 3.8) is 0 Å². The van der Waals surface area contributed by atoms with Gasteiger partial charge in [-0.25, -0.2) is 0 Å². The lowest BCUT2D eigenvalue weighted by molar-refractivity contribution is -0.132. The van der Waals surface area contributed by atoms with Crippen LogP contribution in [0.25, 0.3) is 0 Å². The lowest BCUT2D eigenvalue weighted by atomic mass is 9.97. The van der Waals surface area contributed by atoms with E-state index in [4.69, 9.17) is 10.5 Å². The number of ether oxygens (including phenoxy) is 1. The Morgan fingerprint density at radius 2 is 2.00 bits per heavy atom. The Labute approximate surface area is 120 Å². The van der Waals surface area contributed by atoms with Gasteiger partial charge in [0.2, 0.25) is 5.91 Å². The van der Waals surface area contributed by atoms with Crippen LogP contribution in [-0.4, -0.2) is 43.7 Å². The maximum atomic E-state index is 12.5. The van der Waals surface area contributed by atoms with E-state index in [1.165, 1.54) is 0 Å². The summed E-state index contributed by atoms with van der Waals surface area (Å²) in [5.41, 5.74) is 6.77. The summed E-state index contributed by atoms with van der Waals surface area (Å²) >= 11 is 0. The highest BCUT2D eigenvalue weighted by atomic mass is 35.5. The summed E-state index contributed by atoms with van der Waals surface area (Å²) in [5, 5.41) is 0. The second kappa shape index (κ2) is 8.15. The fourth-order valence-electron chi connectivity index (χ4n) is 2.25. The van der Waals surface area contributed by atoms with Crippen LogP contribution in [0.3, 0.4) is 0 Å². The number of hydrogen-bond donors (Lipinski definition) is 1. The maximum Gasteiger partial charge on any atom is 0.231 e. The Kier molecular flexibility index (Phi) is 6.84. The summed E-state index contributed by atoms with van der Waals surface area (Å²) in [7, 11) is 0. The summed E-state index contributed by atoms with van der Waals surface area (Å²) < 4.78 is 5.37. The van der Waals surface area contributed by atoms with Crippen molar-refractivity contribution in [3.8, 4) is 0 Å². The highest BCUT2D eigenvalue weighted by molar-refractivity contribution is 5.85. The largest absolute Gasteiger partial charge is 0.380 e. The molecule has 1 saturated heterocycles. The third kappa shape index (κ3) is 4.20. The van der Waals surface area contributed by atoms with E-state index in [1.54, 1.807) is 0 Å². The van der Waals surface area contributed by atoms with E-state index in [9.17, 15) is 4.79 Å². The number of halogens is 1. The third-order valence-corrected chi connectivity index (χ3v) is 3.27. The summed E-state index contributed by atoms with van der Waals surface area (Å²) in [4.78, 5) is 14.3. The molecule has 1 aromatic carbocycles. The molecule has 1 atom stereocenters. The Balaban J connectivity index is 0.00000180. The van der Waals surface area contributed by atoms with Crippen molar-refractivity contribution in [2.24, 2.45) is 5.73 Å². The Morgan fingerprint density at radius 3 is 2.68 bits per heavy atom. The molecule has 0 aliphatic carbocycles. The minimum absolute atomic E-state index is 0. The van der Waals surface area contributed by atoms with E-state index in [0.29, 0.717) is 19.7 Å². The van der Waals surface area contributed by atoms with Crippen LogP contribution in [0.15, 0.2) is 30.3 Å². The average Bonchev–Trinajstić information content (AvgIpc) is 2.69. The zero-order valence-electron chi connectivity index (χ0n) is 11.0. The van der Waals surface area contributed by atoms with Gasteiger partial charge in [-0.2, -0.15) is 0 Å². The highest BCUT2D eigenvalue weighted by Gasteiger charge is 2.25. The Morgan fingerprint density at radius 1 is 1.26 bits per heavy atom. The molecule has 0 saturated carbocycles. The van der Waals surface area contributed by atoms with Crippen LogP contribution in [0.4, 0.5) is 0 Å². The zero-order chi connectivity index (χ0) is 12.8. The van der Waals surface area contributed by atoms with Crippen LogP contribution in [0.1, 0.15) is 17.9 Å². The standard InChI is InChI=1S/C14H20N2O2.ClH/c15-11-13(12-5-2-1-3-6-12)14(17)16-7-4-9-18-10-8-16;/h1-3,5-6,13H,4,7-11,15H2;1H.